The predicted molar refractivity (Wildman–Crippen MR) is 64.6 cm³/mol. The normalized spacial score (nSPS) is 10.1. The summed E-state index contributed by atoms with van der Waals surface area (Å²) < 4.78 is 17.6. The molecule has 0 aromatic heterocycles. The van der Waals surface area contributed by atoms with Crippen molar-refractivity contribution >= 4 is 34.2 Å². The smallest absolute Gasteiger partial charge is 0.339 e. The van der Waals surface area contributed by atoms with E-state index in [1.165, 1.54) is 7.11 Å². The number of halogens is 2. The lowest BCUT2D eigenvalue weighted by Gasteiger charge is -2.08. The maximum atomic E-state index is 12.2. The molecule has 0 radical (unpaired) electrons. The third-order valence-electron chi connectivity index (χ3n) is 1.99. The van der Waals surface area contributed by atoms with Crippen LogP contribution in [-0.2, 0) is 11.2 Å². The zero-order valence-corrected chi connectivity index (χ0v) is 10.4. The van der Waals surface area contributed by atoms with E-state index in [0.717, 1.165) is 9.13 Å². The molecule has 82 valence electrons. The van der Waals surface area contributed by atoms with Gasteiger partial charge in [-0.15, -0.1) is 0 Å². The molecule has 0 bridgehead atoms. The van der Waals surface area contributed by atoms with E-state index in [4.69, 9.17) is 5.73 Å². The van der Waals surface area contributed by atoms with E-state index in [1.54, 1.807) is 12.1 Å². The Bertz CT molecular complexity index is 382. The van der Waals surface area contributed by atoms with Crippen LogP contribution in [-0.4, -0.2) is 19.8 Å². The van der Waals surface area contributed by atoms with Gasteiger partial charge in [0.15, 0.2) is 0 Å². The second kappa shape index (κ2) is 5.29. The number of carbonyl (C=O) groups excluding carboxylic acids is 1. The summed E-state index contributed by atoms with van der Waals surface area (Å²) in [6.45, 7) is -0.437. The van der Waals surface area contributed by atoms with E-state index in [2.05, 4.69) is 4.74 Å². The lowest BCUT2D eigenvalue weighted by molar-refractivity contribution is 0.0602. The molecule has 0 aliphatic carbocycles. The van der Waals surface area contributed by atoms with Gasteiger partial charge in [-0.3, -0.25) is 4.39 Å². The number of alkyl halides is 1. The van der Waals surface area contributed by atoms with Gasteiger partial charge in [0, 0.05) is 15.7 Å². The minimum atomic E-state index is -0.475. The van der Waals surface area contributed by atoms with Gasteiger partial charge in [-0.1, -0.05) is 0 Å². The Morgan fingerprint density at radius 1 is 1.60 bits per heavy atom. The van der Waals surface area contributed by atoms with Crippen LogP contribution in [0.4, 0.5) is 10.1 Å². The third kappa shape index (κ3) is 2.80. The molecule has 0 atom stereocenters. The van der Waals surface area contributed by atoms with Gasteiger partial charge in [0.25, 0.3) is 0 Å². The van der Waals surface area contributed by atoms with Crippen molar-refractivity contribution in [2.75, 3.05) is 19.5 Å². The van der Waals surface area contributed by atoms with Crippen molar-refractivity contribution in [1.29, 1.82) is 0 Å². The molecule has 0 aliphatic rings. The minimum absolute atomic E-state index is 0.309. The maximum absolute atomic E-state index is 12.2. The first-order chi connectivity index (χ1) is 7.10. The number of rotatable bonds is 3. The zero-order chi connectivity index (χ0) is 11.4. The molecule has 1 aromatic rings. The number of anilines is 1. The molecule has 1 aromatic carbocycles. The van der Waals surface area contributed by atoms with Gasteiger partial charge >= 0.3 is 5.97 Å². The van der Waals surface area contributed by atoms with Crippen molar-refractivity contribution in [2.24, 2.45) is 0 Å². The van der Waals surface area contributed by atoms with Gasteiger partial charge in [-0.25, -0.2) is 4.79 Å². The molecule has 0 heterocycles. The molecule has 2 N–H and O–H groups in total. The van der Waals surface area contributed by atoms with Crippen molar-refractivity contribution < 1.29 is 13.9 Å². The van der Waals surface area contributed by atoms with Gasteiger partial charge in [-0.05, 0) is 40.3 Å². The molecule has 3 nitrogen and oxygen atoms in total. The van der Waals surface area contributed by atoms with Crippen LogP contribution in [0.1, 0.15) is 15.9 Å². The van der Waals surface area contributed by atoms with Crippen LogP contribution in [0.15, 0.2) is 12.1 Å². The topological polar surface area (TPSA) is 52.3 Å². The number of hydrogen-bond acceptors (Lipinski definition) is 3. The Balaban J connectivity index is 3.13. The van der Waals surface area contributed by atoms with E-state index < -0.39 is 12.6 Å². The average molecular weight is 323 g/mol. The number of ether oxygens (including phenoxy) is 1. The van der Waals surface area contributed by atoms with E-state index >= 15 is 0 Å². The van der Waals surface area contributed by atoms with E-state index in [0.29, 0.717) is 17.7 Å². The highest BCUT2D eigenvalue weighted by molar-refractivity contribution is 14.1. The quantitative estimate of drug-likeness (QED) is 0.527. The summed E-state index contributed by atoms with van der Waals surface area (Å²) in [6.07, 6.45) is 0.309. The lowest BCUT2D eigenvalue weighted by Crippen LogP contribution is -2.07. The third-order valence-corrected chi connectivity index (χ3v) is 2.99. The first-order valence-electron chi connectivity index (χ1n) is 4.32. The molecular weight excluding hydrogens is 312 g/mol. The summed E-state index contributed by atoms with van der Waals surface area (Å²) in [7, 11) is 1.30. The van der Waals surface area contributed by atoms with Gasteiger partial charge in [0.05, 0.1) is 19.3 Å². The molecular formula is C10H11FINO2. The van der Waals surface area contributed by atoms with Crippen LogP contribution in [0, 0.1) is 3.57 Å². The van der Waals surface area contributed by atoms with Gasteiger partial charge in [0.1, 0.15) is 0 Å². The summed E-state index contributed by atoms with van der Waals surface area (Å²) in [5.74, 6) is -0.475. The van der Waals surface area contributed by atoms with Crippen LogP contribution in [0.2, 0.25) is 0 Å². The number of benzene rings is 1. The van der Waals surface area contributed by atoms with E-state index in [1.807, 2.05) is 22.6 Å². The second-order valence-corrected chi connectivity index (χ2v) is 4.12. The van der Waals surface area contributed by atoms with E-state index in [-0.39, 0.29) is 0 Å². The monoisotopic (exact) mass is 323 g/mol. The molecule has 0 aliphatic heterocycles. The summed E-state index contributed by atoms with van der Waals surface area (Å²) in [5.41, 5.74) is 7.13. The average Bonchev–Trinajstić information content (AvgIpc) is 2.22. The number of methoxy groups -OCH3 is 1. The molecule has 1 rings (SSSR count). The summed E-state index contributed by atoms with van der Waals surface area (Å²) in [5, 5.41) is 0. The van der Waals surface area contributed by atoms with Gasteiger partial charge in [0.2, 0.25) is 0 Å². The second-order valence-electron chi connectivity index (χ2n) is 2.96. The van der Waals surface area contributed by atoms with Crippen LogP contribution in [0.5, 0.6) is 0 Å². The molecule has 0 fully saturated rings. The molecule has 0 saturated heterocycles. The predicted octanol–water partition coefficient (Wildman–Crippen LogP) is 2.17. The molecule has 15 heavy (non-hydrogen) atoms. The fourth-order valence-corrected chi connectivity index (χ4v) is 1.95. The standard InChI is InChI=1S/C10H11FINO2/c1-15-10(14)7-5-8(12)6(2-3-11)4-9(7)13/h4-5H,2-3,13H2,1H3. The molecule has 5 heteroatoms. The highest BCUT2D eigenvalue weighted by atomic mass is 127. The molecule has 0 saturated carbocycles. The number of nitrogen functional groups attached to an aromatic ring is 1. The maximum Gasteiger partial charge on any atom is 0.339 e. The van der Waals surface area contributed by atoms with Crippen LogP contribution < -0.4 is 5.73 Å². The van der Waals surface area contributed by atoms with Gasteiger partial charge < -0.3 is 10.5 Å². The summed E-state index contributed by atoms with van der Waals surface area (Å²) >= 11 is 2.05. The Labute approximate surface area is 101 Å². The molecule has 0 unspecified atom stereocenters. The van der Waals surface area contributed by atoms with Crippen molar-refractivity contribution in [2.45, 2.75) is 6.42 Å². The zero-order valence-electron chi connectivity index (χ0n) is 8.22. The number of hydrogen-bond donors (Lipinski definition) is 1. The summed E-state index contributed by atoms with van der Waals surface area (Å²) in [6, 6.07) is 3.24. The van der Waals surface area contributed by atoms with Crippen LogP contribution in [0.25, 0.3) is 0 Å². The Morgan fingerprint density at radius 3 is 2.80 bits per heavy atom. The van der Waals surface area contributed by atoms with E-state index in [9.17, 15) is 9.18 Å². The Hall–Kier alpha value is -0.850. The van der Waals surface area contributed by atoms with Crippen molar-refractivity contribution in [3.8, 4) is 0 Å². The van der Waals surface area contributed by atoms with Crippen LogP contribution in [0.3, 0.4) is 0 Å². The highest BCUT2D eigenvalue weighted by Gasteiger charge is 2.12. The fraction of sp³-hybridized carbons (Fsp3) is 0.300. The highest BCUT2D eigenvalue weighted by Crippen LogP contribution is 2.22. The van der Waals surface area contributed by atoms with Crippen molar-refractivity contribution in [1.82, 2.24) is 0 Å². The largest absolute Gasteiger partial charge is 0.465 e. The Kier molecular flexibility index (Phi) is 4.31. The first kappa shape index (κ1) is 12.2. The number of carbonyl (C=O) groups is 1. The van der Waals surface area contributed by atoms with Crippen LogP contribution >= 0.6 is 22.6 Å². The number of esters is 1. The van der Waals surface area contributed by atoms with Crippen molar-refractivity contribution in [3.63, 3.8) is 0 Å². The summed E-state index contributed by atoms with van der Waals surface area (Å²) in [4.78, 5) is 11.3. The first-order valence-corrected chi connectivity index (χ1v) is 5.40. The molecule has 0 spiro atoms. The number of aryl methyl sites for hydroxylation is 1. The molecule has 0 amide bonds. The number of nitrogens with two attached hydrogens (primary N) is 1. The minimum Gasteiger partial charge on any atom is -0.465 e. The fourth-order valence-electron chi connectivity index (χ4n) is 1.22. The van der Waals surface area contributed by atoms with Crippen molar-refractivity contribution in [3.05, 3.63) is 26.8 Å². The SMILES string of the molecule is COC(=O)c1cc(I)c(CCF)cc1N. The van der Waals surface area contributed by atoms with Gasteiger partial charge in [-0.2, -0.15) is 0 Å². The lowest BCUT2D eigenvalue weighted by atomic mass is 10.1. The Morgan fingerprint density at radius 2 is 2.27 bits per heavy atom.